The van der Waals surface area contributed by atoms with Crippen LogP contribution >= 0.6 is 0 Å². The number of hydrazone groups is 1. The van der Waals surface area contributed by atoms with Crippen molar-refractivity contribution in [2.24, 2.45) is 22.9 Å². The van der Waals surface area contributed by atoms with Gasteiger partial charge in [0.2, 0.25) is 0 Å². The molecule has 2 aliphatic carbocycles. The summed E-state index contributed by atoms with van der Waals surface area (Å²) < 4.78 is 24.6. The summed E-state index contributed by atoms with van der Waals surface area (Å²) in [6, 6.07) is 7.11. The van der Waals surface area contributed by atoms with Crippen molar-refractivity contribution in [1.29, 1.82) is 0 Å². The summed E-state index contributed by atoms with van der Waals surface area (Å²) in [6.45, 7) is 4.30. The summed E-state index contributed by atoms with van der Waals surface area (Å²) in [5.41, 5.74) is 2.20. The maximum Gasteiger partial charge on any atom is 0.276 e. The van der Waals surface area contributed by atoms with E-state index in [-0.39, 0.29) is 4.90 Å². The van der Waals surface area contributed by atoms with Crippen LogP contribution in [0.3, 0.4) is 0 Å². The van der Waals surface area contributed by atoms with Crippen molar-refractivity contribution in [1.82, 2.24) is 4.83 Å². The standard InChI is InChI=1S/C17H24N2O2S/c1-12(2)9-13-4-7-16(8-5-13)22(20,21)19-18-17-11-14-3-6-15(17)10-14/h4-5,7-8,12,14-15,19H,3,6,9-11H2,1-2H3/b18-17-/t14-,15+/m0/s1. The van der Waals surface area contributed by atoms with E-state index in [1.54, 1.807) is 12.1 Å². The van der Waals surface area contributed by atoms with Gasteiger partial charge in [-0.3, -0.25) is 0 Å². The largest absolute Gasteiger partial charge is 0.276 e. The molecular weight excluding hydrogens is 296 g/mol. The van der Waals surface area contributed by atoms with E-state index in [0.29, 0.717) is 11.8 Å². The predicted molar refractivity (Wildman–Crippen MR) is 88.2 cm³/mol. The highest BCUT2D eigenvalue weighted by Crippen LogP contribution is 2.42. The summed E-state index contributed by atoms with van der Waals surface area (Å²) in [5, 5.41) is 4.20. The van der Waals surface area contributed by atoms with Crippen molar-refractivity contribution in [3.8, 4) is 0 Å². The first-order valence-corrected chi connectivity index (χ1v) is 9.59. The van der Waals surface area contributed by atoms with Gasteiger partial charge in [-0.15, -0.1) is 0 Å². The summed E-state index contributed by atoms with van der Waals surface area (Å²) in [6.07, 6.45) is 5.53. The average molecular weight is 320 g/mol. The van der Waals surface area contributed by atoms with E-state index >= 15 is 0 Å². The van der Waals surface area contributed by atoms with Crippen LogP contribution in [0.1, 0.15) is 45.1 Å². The van der Waals surface area contributed by atoms with Crippen LogP contribution in [0.4, 0.5) is 0 Å². The average Bonchev–Trinajstić information content (AvgIpc) is 3.08. The molecule has 0 radical (unpaired) electrons. The van der Waals surface area contributed by atoms with Crippen molar-refractivity contribution >= 4 is 15.7 Å². The maximum absolute atomic E-state index is 12.3. The Morgan fingerprint density at radius 2 is 1.95 bits per heavy atom. The summed E-state index contributed by atoms with van der Waals surface area (Å²) in [7, 11) is -3.55. The summed E-state index contributed by atoms with van der Waals surface area (Å²) in [5.74, 6) is 1.79. The Morgan fingerprint density at radius 1 is 1.23 bits per heavy atom. The molecule has 0 saturated heterocycles. The first-order chi connectivity index (χ1) is 10.4. The van der Waals surface area contributed by atoms with Crippen LogP contribution in [0.5, 0.6) is 0 Å². The van der Waals surface area contributed by atoms with Crippen molar-refractivity contribution in [2.75, 3.05) is 0 Å². The van der Waals surface area contributed by atoms with Crippen LogP contribution < -0.4 is 4.83 Å². The van der Waals surface area contributed by atoms with Crippen molar-refractivity contribution in [3.05, 3.63) is 29.8 Å². The molecule has 3 rings (SSSR count). The van der Waals surface area contributed by atoms with Gasteiger partial charge < -0.3 is 0 Å². The molecule has 2 atom stereocenters. The van der Waals surface area contributed by atoms with Gasteiger partial charge >= 0.3 is 0 Å². The number of fused-ring (bicyclic) bond motifs is 2. The Kier molecular flexibility index (Phi) is 4.26. The molecule has 0 unspecified atom stereocenters. The van der Waals surface area contributed by atoms with Crippen LogP contribution in [0, 0.1) is 17.8 Å². The molecule has 0 aliphatic heterocycles. The van der Waals surface area contributed by atoms with E-state index in [0.717, 1.165) is 36.5 Å². The van der Waals surface area contributed by atoms with Crippen molar-refractivity contribution < 1.29 is 8.42 Å². The molecule has 0 spiro atoms. The molecule has 2 aliphatic rings. The fraction of sp³-hybridized carbons (Fsp3) is 0.588. The van der Waals surface area contributed by atoms with E-state index in [4.69, 9.17) is 0 Å². The number of rotatable bonds is 5. The predicted octanol–water partition coefficient (Wildman–Crippen LogP) is 3.34. The second-order valence-electron chi connectivity index (χ2n) is 7.02. The van der Waals surface area contributed by atoms with E-state index in [1.807, 2.05) is 12.1 Å². The second kappa shape index (κ2) is 6.03. The number of nitrogens with zero attached hydrogens (tertiary/aromatic N) is 1. The molecule has 2 bridgehead atoms. The number of nitrogens with one attached hydrogen (secondary N) is 1. The van der Waals surface area contributed by atoms with Crippen molar-refractivity contribution in [2.45, 2.75) is 50.8 Å². The Labute approximate surface area is 133 Å². The molecule has 0 aromatic heterocycles. The zero-order chi connectivity index (χ0) is 15.7. The lowest BCUT2D eigenvalue weighted by molar-refractivity contribution is 0.579. The summed E-state index contributed by atoms with van der Waals surface area (Å²) in [4.78, 5) is 2.71. The normalized spacial score (nSPS) is 26.0. The molecule has 4 nitrogen and oxygen atoms in total. The quantitative estimate of drug-likeness (QED) is 0.846. The lowest BCUT2D eigenvalue weighted by atomic mass is 9.99. The third-order valence-electron chi connectivity index (χ3n) is 4.70. The molecule has 1 aromatic carbocycles. The lowest BCUT2D eigenvalue weighted by Crippen LogP contribution is -2.22. The van der Waals surface area contributed by atoms with Crippen molar-refractivity contribution in [3.63, 3.8) is 0 Å². The minimum absolute atomic E-state index is 0.285. The van der Waals surface area contributed by atoms with Gasteiger partial charge in [0, 0.05) is 5.71 Å². The van der Waals surface area contributed by atoms with Gasteiger partial charge in [-0.1, -0.05) is 26.0 Å². The van der Waals surface area contributed by atoms with Crippen LogP contribution in [0.2, 0.25) is 0 Å². The Morgan fingerprint density at radius 3 is 2.50 bits per heavy atom. The number of benzene rings is 1. The van der Waals surface area contributed by atoms with E-state index < -0.39 is 10.0 Å². The molecule has 1 aromatic rings. The van der Waals surface area contributed by atoms with Gasteiger partial charge in [0.1, 0.15) is 0 Å². The number of hydrogen-bond acceptors (Lipinski definition) is 3. The first kappa shape index (κ1) is 15.5. The van der Waals surface area contributed by atoms with Crippen LogP contribution in [-0.2, 0) is 16.4 Å². The molecule has 5 heteroatoms. The molecule has 0 heterocycles. The van der Waals surface area contributed by atoms with E-state index in [9.17, 15) is 8.42 Å². The highest BCUT2D eigenvalue weighted by Gasteiger charge is 2.36. The summed E-state index contributed by atoms with van der Waals surface area (Å²) >= 11 is 0. The number of sulfonamides is 1. The van der Waals surface area contributed by atoms with Gasteiger partial charge in [0.15, 0.2) is 0 Å². The highest BCUT2D eigenvalue weighted by atomic mass is 32.2. The smallest absolute Gasteiger partial charge is 0.200 e. The minimum atomic E-state index is -3.55. The fourth-order valence-electron chi connectivity index (χ4n) is 3.61. The fourth-order valence-corrected chi connectivity index (χ4v) is 4.45. The topological polar surface area (TPSA) is 58.5 Å². The first-order valence-electron chi connectivity index (χ1n) is 8.11. The van der Waals surface area contributed by atoms with Crippen LogP contribution in [-0.4, -0.2) is 14.1 Å². The minimum Gasteiger partial charge on any atom is -0.200 e. The van der Waals surface area contributed by atoms with Gasteiger partial charge in [-0.2, -0.15) is 13.5 Å². The van der Waals surface area contributed by atoms with Crippen LogP contribution in [0.15, 0.2) is 34.3 Å². The van der Waals surface area contributed by atoms with Crippen LogP contribution in [0.25, 0.3) is 0 Å². The lowest BCUT2D eigenvalue weighted by Gasteiger charge is -2.12. The molecule has 22 heavy (non-hydrogen) atoms. The Hall–Kier alpha value is -1.36. The highest BCUT2D eigenvalue weighted by molar-refractivity contribution is 7.89. The van der Waals surface area contributed by atoms with Gasteiger partial charge in [0.05, 0.1) is 4.90 Å². The number of hydrogen-bond donors (Lipinski definition) is 1. The molecule has 1 N–H and O–H groups in total. The SMILES string of the molecule is CC(C)Cc1ccc(S(=O)(=O)N/N=C2/C[C@H]3CC[C@@H]2C3)cc1. The molecular formula is C17H24N2O2S. The van der Waals surface area contributed by atoms with Gasteiger partial charge in [-0.25, -0.2) is 4.83 Å². The monoisotopic (exact) mass is 320 g/mol. The Balaban J connectivity index is 1.69. The van der Waals surface area contributed by atoms with Gasteiger partial charge in [-0.05, 0) is 67.6 Å². The third-order valence-corrected chi connectivity index (χ3v) is 5.92. The van der Waals surface area contributed by atoms with Gasteiger partial charge in [0.25, 0.3) is 10.0 Å². The second-order valence-corrected chi connectivity index (χ2v) is 8.68. The third kappa shape index (κ3) is 3.35. The van der Waals surface area contributed by atoms with E-state index in [1.165, 1.54) is 12.8 Å². The zero-order valence-corrected chi connectivity index (χ0v) is 14.1. The zero-order valence-electron chi connectivity index (χ0n) is 13.2. The molecule has 2 saturated carbocycles. The molecule has 120 valence electrons. The maximum atomic E-state index is 12.3. The molecule has 2 fully saturated rings. The Bertz CT molecular complexity index is 662. The molecule has 0 amide bonds. The van der Waals surface area contributed by atoms with E-state index in [2.05, 4.69) is 23.8 Å².